The fourth-order valence-corrected chi connectivity index (χ4v) is 2.82. The third kappa shape index (κ3) is 3.07. The first-order valence-corrected chi connectivity index (χ1v) is 7.09. The summed E-state index contributed by atoms with van der Waals surface area (Å²) >= 11 is 1.63. The van der Waals surface area contributed by atoms with Crippen LogP contribution in [0.1, 0.15) is 37.0 Å². The Morgan fingerprint density at radius 1 is 1.32 bits per heavy atom. The molecular weight excluding hydrogens is 258 g/mol. The zero-order valence-corrected chi connectivity index (χ0v) is 12.5. The second kappa shape index (κ2) is 5.21. The molecule has 19 heavy (non-hydrogen) atoms. The van der Waals surface area contributed by atoms with Crippen LogP contribution in [0.5, 0.6) is 11.5 Å². The lowest BCUT2D eigenvalue weighted by molar-refractivity contribution is 0.371. The zero-order chi connectivity index (χ0) is 14.0. The zero-order valence-electron chi connectivity index (χ0n) is 11.7. The fraction of sp³-hybridized carbons (Fsp3) is 0.400. The second-order valence-corrected chi connectivity index (χ2v) is 6.46. The van der Waals surface area contributed by atoms with E-state index in [1.165, 1.54) is 0 Å². The Labute approximate surface area is 117 Å². The van der Waals surface area contributed by atoms with Gasteiger partial charge in [0.05, 0.1) is 17.8 Å². The molecule has 102 valence electrons. The summed E-state index contributed by atoms with van der Waals surface area (Å²) in [5.74, 6) is 0.711. The van der Waals surface area contributed by atoms with Gasteiger partial charge in [0, 0.05) is 22.8 Å². The van der Waals surface area contributed by atoms with Gasteiger partial charge in [-0.3, -0.25) is 0 Å². The molecule has 0 bridgehead atoms. The molecule has 0 aliphatic heterocycles. The highest BCUT2D eigenvalue weighted by atomic mass is 32.1. The number of nitrogens with zero attached hydrogens (tertiary/aromatic N) is 1. The molecule has 0 spiro atoms. The van der Waals surface area contributed by atoms with Crippen molar-refractivity contribution in [2.45, 2.75) is 32.6 Å². The molecule has 0 aliphatic carbocycles. The van der Waals surface area contributed by atoms with E-state index in [0.717, 1.165) is 16.3 Å². The Balaban J connectivity index is 2.25. The number of rotatable bonds is 3. The normalized spacial score (nSPS) is 11.6. The number of phenolic OH excluding ortho intramolecular Hbond substituents is 1. The van der Waals surface area contributed by atoms with Crippen molar-refractivity contribution in [3.8, 4) is 11.5 Å². The van der Waals surface area contributed by atoms with Gasteiger partial charge >= 0.3 is 0 Å². The van der Waals surface area contributed by atoms with Gasteiger partial charge < -0.3 is 9.84 Å². The molecule has 4 heteroatoms. The number of benzene rings is 1. The van der Waals surface area contributed by atoms with Crippen molar-refractivity contribution < 1.29 is 9.84 Å². The maximum atomic E-state index is 10.1. The highest BCUT2D eigenvalue weighted by Crippen LogP contribution is 2.32. The quantitative estimate of drug-likeness (QED) is 0.929. The number of ether oxygens (including phenoxy) is 1. The third-order valence-electron chi connectivity index (χ3n) is 2.96. The first-order valence-electron chi connectivity index (χ1n) is 6.21. The predicted molar refractivity (Wildman–Crippen MR) is 78.3 cm³/mol. The van der Waals surface area contributed by atoms with Crippen molar-refractivity contribution in [3.05, 3.63) is 39.8 Å². The number of thiazole rings is 1. The van der Waals surface area contributed by atoms with E-state index in [0.29, 0.717) is 12.2 Å². The van der Waals surface area contributed by atoms with Gasteiger partial charge in [-0.15, -0.1) is 11.3 Å². The van der Waals surface area contributed by atoms with Gasteiger partial charge in [-0.2, -0.15) is 0 Å². The summed E-state index contributed by atoms with van der Waals surface area (Å²) in [7, 11) is 1.56. The van der Waals surface area contributed by atoms with Gasteiger partial charge in [0.1, 0.15) is 0 Å². The summed E-state index contributed by atoms with van der Waals surface area (Å²) in [6.45, 7) is 6.44. The van der Waals surface area contributed by atoms with Crippen LogP contribution in [0.3, 0.4) is 0 Å². The van der Waals surface area contributed by atoms with E-state index in [-0.39, 0.29) is 11.2 Å². The van der Waals surface area contributed by atoms with Crippen molar-refractivity contribution in [1.29, 1.82) is 0 Å². The lowest BCUT2D eigenvalue weighted by Crippen LogP contribution is -2.11. The predicted octanol–water partition coefficient (Wildman–Crippen LogP) is 3.75. The molecule has 0 radical (unpaired) electrons. The maximum absolute atomic E-state index is 10.1. The van der Waals surface area contributed by atoms with Crippen LogP contribution in [0, 0.1) is 0 Å². The standard InChI is InChI=1S/C15H19NO2S/c1-15(2,3)12-9-19-13(16-12)8-10-6-5-7-11(18-4)14(10)17/h5-7,9,17H,8H2,1-4H3. The van der Waals surface area contributed by atoms with Crippen LogP contribution in [0.15, 0.2) is 23.6 Å². The molecular formula is C15H19NO2S. The second-order valence-electron chi connectivity index (χ2n) is 5.52. The van der Waals surface area contributed by atoms with Crippen LogP contribution in [-0.2, 0) is 11.8 Å². The lowest BCUT2D eigenvalue weighted by Gasteiger charge is -2.14. The van der Waals surface area contributed by atoms with Crippen LogP contribution >= 0.6 is 11.3 Å². The van der Waals surface area contributed by atoms with Crippen molar-refractivity contribution in [1.82, 2.24) is 4.98 Å². The number of methoxy groups -OCH3 is 1. The minimum atomic E-state index is 0.0607. The summed E-state index contributed by atoms with van der Waals surface area (Å²) in [6.07, 6.45) is 0.629. The van der Waals surface area contributed by atoms with E-state index in [1.807, 2.05) is 12.1 Å². The van der Waals surface area contributed by atoms with Crippen LogP contribution < -0.4 is 4.74 Å². The van der Waals surface area contributed by atoms with Crippen LogP contribution in [0.25, 0.3) is 0 Å². The van der Waals surface area contributed by atoms with Crippen molar-refractivity contribution in [3.63, 3.8) is 0 Å². The molecule has 0 saturated heterocycles. The minimum Gasteiger partial charge on any atom is -0.504 e. The summed E-state index contributed by atoms with van der Waals surface area (Å²) in [5, 5.41) is 13.2. The van der Waals surface area contributed by atoms with E-state index in [9.17, 15) is 5.11 Å². The Hall–Kier alpha value is -1.55. The monoisotopic (exact) mass is 277 g/mol. The van der Waals surface area contributed by atoms with Crippen LogP contribution in [0.2, 0.25) is 0 Å². The van der Waals surface area contributed by atoms with E-state index in [4.69, 9.17) is 4.74 Å². The van der Waals surface area contributed by atoms with E-state index < -0.39 is 0 Å². The highest BCUT2D eigenvalue weighted by molar-refractivity contribution is 7.09. The summed E-state index contributed by atoms with van der Waals surface area (Å²) < 4.78 is 5.12. The van der Waals surface area contributed by atoms with Crippen molar-refractivity contribution in [2.24, 2.45) is 0 Å². The third-order valence-corrected chi connectivity index (χ3v) is 3.81. The Morgan fingerprint density at radius 2 is 2.05 bits per heavy atom. The summed E-state index contributed by atoms with van der Waals surface area (Å²) in [6, 6.07) is 5.53. The molecule has 0 fully saturated rings. The molecule has 1 N–H and O–H groups in total. The molecule has 0 atom stereocenters. The Morgan fingerprint density at radius 3 is 2.63 bits per heavy atom. The van der Waals surface area contributed by atoms with E-state index in [1.54, 1.807) is 24.5 Å². The summed E-state index contributed by atoms with van der Waals surface area (Å²) in [5.41, 5.74) is 1.99. The molecule has 1 aromatic carbocycles. The molecule has 3 nitrogen and oxygen atoms in total. The van der Waals surface area contributed by atoms with Gasteiger partial charge in [0.2, 0.25) is 0 Å². The van der Waals surface area contributed by atoms with Gasteiger partial charge in [-0.25, -0.2) is 4.98 Å². The number of para-hydroxylation sites is 1. The number of hydrogen-bond donors (Lipinski definition) is 1. The molecule has 0 saturated carbocycles. The maximum Gasteiger partial charge on any atom is 0.161 e. The SMILES string of the molecule is COc1cccc(Cc2nc(C(C)(C)C)cs2)c1O. The van der Waals surface area contributed by atoms with Gasteiger partial charge in [-0.1, -0.05) is 32.9 Å². The highest BCUT2D eigenvalue weighted by Gasteiger charge is 2.18. The molecule has 0 aliphatic rings. The smallest absolute Gasteiger partial charge is 0.161 e. The van der Waals surface area contributed by atoms with Crippen LogP contribution in [-0.4, -0.2) is 17.2 Å². The summed E-state index contributed by atoms with van der Waals surface area (Å²) in [4.78, 5) is 4.64. The number of aromatic nitrogens is 1. The molecule has 2 aromatic rings. The average molecular weight is 277 g/mol. The van der Waals surface area contributed by atoms with E-state index in [2.05, 4.69) is 31.1 Å². The fourth-order valence-electron chi connectivity index (χ4n) is 1.77. The lowest BCUT2D eigenvalue weighted by atomic mass is 9.93. The van der Waals surface area contributed by atoms with Crippen molar-refractivity contribution in [2.75, 3.05) is 7.11 Å². The Kier molecular flexibility index (Phi) is 3.80. The first-order chi connectivity index (χ1) is 8.91. The largest absolute Gasteiger partial charge is 0.504 e. The van der Waals surface area contributed by atoms with Gasteiger partial charge in [0.15, 0.2) is 11.5 Å². The Bertz CT molecular complexity index is 570. The van der Waals surface area contributed by atoms with Crippen molar-refractivity contribution >= 4 is 11.3 Å². The molecule has 2 rings (SSSR count). The van der Waals surface area contributed by atoms with E-state index >= 15 is 0 Å². The number of phenols is 1. The van der Waals surface area contributed by atoms with Gasteiger partial charge in [-0.05, 0) is 6.07 Å². The average Bonchev–Trinajstić information content (AvgIpc) is 2.80. The van der Waals surface area contributed by atoms with Crippen LogP contribution in [0.4, 0.5) is 0 Å². The molecule has 0 amide bonds. The number of aromatic hydroxyl groups is 1. The van der Waals surface area contributed by atoms with Gasteiger partial charge in [0.25, 0.3) is 0 Å². The molecule has 1 heterocycles. The topological polar surface area (TPSA) is 42.4 Å². The minimum absolute atomic E-state index is 0.0607. The molecule has 0 unspecified atom stereocenters. The first kappa shape index (κ1) is 13.9. The molecule has 1 aromatic heterocycles. The number of hydrogen-bond acceptors (Lipinski definition) is 4.